The lowest BCUT2D eigenvalue weighted by Crippen LogP contribution is -2.33. The van der Waals surface area contributed by atoms with Crippen LogP contribution in [0.2, 0.25) is 0 Å². The summed E-state index contributed by atoms with van der Waals surface area (Å²) in [6.45, 7) is 2.23. The van der Waals surface area contributed by atoms with Gasteiger partial charge in [-0.25, -0.2) is 4.79 Å². The summed E-state index contributed by atoms with van der Waals surface area (Å²) in [5, 5.41) is 14.4. The van der Waals surface area contributed by atoms with Crippen LogP contribution in [0.4, 0.5) is 10.5 Å². The van der Waals surface area contributed by atoms with E-state index in [1.807, 2.05) is 6.92 Å². The van der Waals surface area contributed by atoms with Crippen LogP contribution in [0.5, 0.6) is 0 Å². The zero-order chi connectivity index (χ0) is 14.4. The predicted octanol–water partition coefficient (Wildman–Crippen LogP) is 1.43. The number of carbonyl (C=O) groups is 1. The molecule has 0 saturated heterocycles. The summed E-state index contributed by atoms with van der Waals surface area (Å²) < 4.78 is 2.08. The second-order valence-electron chi connectivity index (χ2n) is 4.22. The molecule has 1 aromatic rings. The maximum atomic E-state index is 11.7. The maximum absolute atomic E-state index is 11.7. The Balaban J connectivity index is 2.56. The first-order chi connectivity index (χ1) is 8.93. The second-order valence-corrected chi connectivity index (χ2v) is 5.14. The largest absolute Gasteiger partial charge is 0.393 e. The molecule has 7 heteroatoms. The normalized spacial score (nSPS) is 12.0. The van der Waals surface area contributed by atoms with E-state index in [1.54, 1.807) is 19.3 Å². The third-order valence-corrected chi connectivity index (χ3v) is 3.07. The van der Waals surface area contributed by atoms with Crippen LogP contribution in [-0.2, 0) is 7.05 Å². The van der Waals surface area contributed by atoms with Crippen molar-refractivity contribution in [1.29, 1.82) is 0 Å². The molecule has 0 spiro atoms. The van der Waals surface area contributed by atoms with Crippen molar-refractivity contribution in [3.8, 4) is 0 Å². The number of pyridine rings is 1. The highest BCUT2D eigenvalue weighted by Gasteiger charge is 2.08. The molecule has 106 valence electrons. The van der Waals surface area contributed by atoms with Crippen molar-refractivity contribution in [1.82, 2.24) is 9.88 Å². The summed E-state index contributed by atoms with van der Waals surface area (Å²) >= 11 is 3.25. The van der Waals surface area contributed by atoms with Gasteiger partial charge in [0.2, 0.25) is 0 Å². The first-order valence-electron chi connectivity index (χ1n) is 6.03. The standard InChI is InChI=1S/C12H18BrN3O3/c1-3-9(17)4-5-14-12(19)15-10-6-8(13)7-16(2)11(10)18/h6-7,9,17H,3-5H2,1-2H3,(H2,14,15,19). The number of aromatic nitrogens is 1. The number of nitrogens with zero attached hydrogens (tertiary/aromatic N) is 1. The maximum Gasteiger partial charge on any atom is 0.319 e. The first kappa shape index (κ1) is 15.7. The number of hydrogen-bond acceptors (Lipinski definition) is 3. The molecule has 0 fully saturated rings. The molecule has 6 nitrogen and oxygen atoms in total. The van der Waals surface area contributed by atoms with E-state index in [-0.39, 0.29) is 11.2 Å². The van der Waals surface area contributed by atoms with Crippen LogP contribution in [0, 0.1) is 0 Å². The van der Waals surface area contributed by atoms with Gasteiger partial charge in [0.1, 0.15) is 5.69 Å². The van der Waals surface area contributed by atoms with E-state index >= 15 is 0 Å². The molecule has 1 atom stereocenters. The summed E-state index contributed by atoms with van der Waals surface area (Å²) in [5.41, 5.74) is -0.0858. The summed E-state index contributed by atoms with van der Waals surface area (Å²) in [6.07, 6.45) is 2.33. The average molecular weight is 332 g/mol. The molecule has 3 N–H and O–H groups in total. The zero-order valence-corrected chi connectivity index (χ0v) is 12.5. The van der Waals surface area contributed by atoms with Gasteiger partial charge in [-0.2, -0.15) is 0 Å². The molecule has 19 heavy (non-hydrogen) atoms. The van der Waals surface area contributed by atoms with Crippen LogP contribution >= 0.6 is 15.9 Å². The van der Waals surface area contributed by atoms with Crippen LogP contribution in [0.25, 0.3) is 0 Å². The SMILES string of the molecule is CCC(O)CCNC(=O)Nc1cc(Br)cn(C)c1=O. The predicted molar refractivity (Wildman–Crippen MR) is 77.3 cm³/mol. The van der Waals surface area contributed by atoms with Gasteiger partial charge >= 0.3 is 6.03 Å². The molecule has 0 aliphatic rings. The highest BCUT2D eigenvalue weighted by Crippen LogP contribution is 2.11. The third-order valence-electron chi connectivity index (χ3n) is 2.63. The van der Waals surface area contributed by atoms with E-state index in [1.165, 1.54) is 4.57 Å². The minimum absolute atomic E-state index is 0.199. The van der Waals surface area contributed by atoms with Crippen molar-refractivity contribution in [3.63, 3.8) is 0 Å². The van der Waals surface area contributed by atoms with Crippen LogP contribution in [0.3, 0.4) is 0 Å². The molecular weight excluding hydrogens is 314 g/mol. The van der Waals surface area contributed by atoms with Crippen LogP contribution in [0.1, 0.15) is 19.8 Å². The van der Waals surface area contributed by atoms with Gasteiger partial charge in [-0.1, -0.05) is 6.92 Å². The Morgan fingerprint density at radius 2 is 2.26 bits per heavy atom. The van der Waals surface area contributed by atoms with Gasteiger partial charge in [0.15, 0.2) is 0 Å². The quantitative estimate of drug-likeness (QED) is 0.763. The van der Waals surface area contributed by atoms with E-state index < -0.39 is 12.1 Å². The second kappa shape index (κ2) is 7.30. The van der Waals surface area contributed by atoms with Gasteiger partial charge in [0.25, 0.3) is 5.56 Å². The number of aliphatic hydroxyl groups is 1. The van der Waals surface area contributed by atoms with Gasteiger partial charge < -0.3 is 20.3 Å². The third kappa shape index (κ3) is 5.04. The fourth-order valence-electron chi connectivity index (χ4n) is 1.48. The topological polar surface area (TPSA) is 83.4 Å². The van der Waals surface area contributed by atoms with Crippen molar-refractivity contribution in [2.75, 3.05) is 11.9 Å². The lowest BCUT2D eigenvalue weighted by molar-refractivity contribution is 0.160. The number of nitrogens with one attached hydrogen (secondary N) is 2. The van der Waals surface area contributed by atoms with Crippen molar-refractivity contribution >= 4 is 27.6 Å². The summed E-state index contributed by atoms with van der Waals surface area (Å²) in [7, 11) is 1.60. The highest BCUT2D eigenvalue weighted by molar-refractivity contribution is 9.10. The molecule has 1 aromatic heterocycles. The van der Waals surface area contributed by atoms with Gasteiger partial charge in [-0.15, -0.1) is 0 Å². The Labute approximate surface area is 120 Å². The monoisotopic (exact) mass is 331 g/mol. The number of hydrogen-bond donors (Lipinski definition) is 3. The lowest BCUT2D eigenvalue weighted by Gasteiger charge is -2.10. The summed E-state index contributed by atoms with van der Waals surface area (Å²) in [4.78, 5) is 23.3. The zero-order valence-electron chi connectivity index (χ0n) is 10.9. The Morgan fingerprint density at radius 3 is 2.89 bits per heavy atom. The molecule has 1 unspecified atom stereocenters. The van der Waals surface area contributed by atoms with Crippen LogP contribution < -0.4 is 16.2 Å². The Kier molecular flexibility index (Phi) is 6.04. The number of aryl methyl sites for hydroxylation is 1. The number of carbonyl (C=O) groups excluding carboxylic acids is 1. The molecule has 1 heterocycles. The number of halogens is 1. The molecule has 1 rings (SSSR count). The molecule has 0 radical (unpaired) electrons. The molecule has 0 aromatic carbocycles. The molecule has 0 aliphatic heterocycles. The number of anilines is 1. The minimum Gasteiger partial charge on any atom is -0.393 e. The Bertz CT molecular complexity index is 501. The van der Waals surface area contributed by atoms with Gasteiger partial charge in [-0.3, -0.25) is 4.79 Å². The lowest BCUT2D eigenvalue weighted by atomic mass is 10.2. The van der Waals surface area contributed by atoms with Crippen molar-refractivity contribution < 1.29 is 9.90 Å². The Hall–Kier alpha value is -1.34. The van der Waals surface area contributed by atoms with E-state index in [2.05, 4.69) is 26.6 Å². The Morgan fingerprint density at radius 1 is 1.58 bits per heavy atom. The van der Waals surface area contributed by atoms with Crippen LogP contribution in [-0.4, -0.2) is 28.4 Å². The summed E-state index contributed by atoms with van der Waals surface area (Å²) in [5.74, 6) is 0. The molecule has 2 amide bonds. The number of amides is 2. The molecule has 0 bridgehead atoms. The van der Waals surface area contributed by atoms with Crippen molar-refractivity contribution in [3.05, 3.63) is 27.1 Å². The smallest absolute Gasteiger partial charge is 0.319 e. The minimum atomic E-state index is -0.460. The number of urea groups is 1. The van der Waals surface area contributed by atoms with E-state index in [0.29, 0.717) is 23.9 Å². The van der Waals surface area contributed by atoms with E-state index in [0.717, 1.165) is 0 Å². The van der Waals surface area contributed by atoms with E-state index in [9.17, 15) is 14.7 Å². The molecule has 0 saturated carbocycles. The van der Waals surface area contributed by atoms with Gasteiger partial charge in [0.05, 0.1) is 6.10 Å². The number of rotatable bonds is 5. The fourth-order valence-corrected chi connectivity index (χ4v) is 2.02. The van der Waals surface area contributed by atoms with E-state index in [4.69, 9.17) is 0 Å². The first-order valence-corrected chi connectivity index (χ1v) is 6.82. The van der Waals surface area contributed by atoms with Crippen LogP contribution in [0.15, 0.2) is 21.5 Å². The summed E-state index contributed by atoms with van der Waals surface area (Å²) in [6, 6.07) is 1.08. The average Bonchev–Trinajstić information content (AvgIpc) is 2.35. The molecular formula is C12H18BrN3O3. The highest BCUT2D eigenvalue weighted by atomic mass is 79.9. The van der Waals surface area contributed by atoms with Gasteiger partial charge in [0, 0.05) is 24.3 Å². The fraction of sp³-hybridized carbons (Fsp3) is 0.500. The number of aliphatic hydroxyl groups excluding tert-OH is 1. The molecule has 0 aliphatic carbocycles. The van der Waals surface area contributed by atoms with Crippen molar-refractivity contribution in [2.24, 2.45) is 7.05 Å². The van der Waals surface area contributed by atoms with Gasteiger partial charge in [-0.05, 0) is 34.8 Å². The van der Waals surface area contributed by atoms with Crippen molar-refractivity contribution in [2.45, 2.75) is 25.9 Å².